The second kappa shape index (κ2) is 4.04. The van der Waals surface area contributed by atoms with Gasteiger partial charge in [0, 0.05) is 13.5 Å². The molecular formula is C9H13N3O2. The van der Waals surface area contributed by atoms with Gasteiger partial charge in [0.1, 0.15) is 0 Å². The van der Waals surface area contributed by atoms with Gasteiger partial charge in [0.05, 0.1) is 17.6 Å². The average Bonchev–Trinajstić information content (AvgIpc) is 2.47. The van der Waals surface area contributed by atoms with E-state index >= 15 is 0 Å². The Kier molecular flexibility index (Phi) is 3.01. The molecule has 0 aliphatic carbocycles. The third-order valence-electron chi connectivity index (χ3n) is 1.97. The van der Waals surface area contributed by atoms with E-state index in [2.05, 4.69) is 10.4 Å². The second-order valence-electron chi connectivity index (χ2n) is 2.97. The van der Waals surface area contributed by atoms with Crippen LogP contribution in [0.5, 0.6) is 0 Å². The van der Waals surface area contributed by atoms with Crippen LogP contribution in [-0.4, -0.2) is 21.5 Å². The summed E-state index contributed by atoms with van der Waals surface area (Å²) >= 11 is 0. The van der Waals surface area contributed by atoms with Crippen LogP contribution >= 0.6 is 0 Å². The zero-order valence-electron chi connectivity index (χ0n) is 8.50. The van der Waals surface area contributed by atoms with Crippen molar-refractivity contribution in [3.63, 3.8) is 0 Å². The van der Waals surface area contributed by atoms with Crippen molar-refractivity contribution in [2.75, 3.05) is 5.32 Å². The topological polar surface area (TPSA) is 64.0 Å². The van der Waals surface area contributed by atoms with E-state index in [1.54, 1.807) is 10.9 Å². The largest absolute Gasteiger partial charge is 0.317 e. The minimum Gasteiger partial charge on any atom is -0.317 e. The zero-order chi connectivity index (χ0) is 10.7. The highest BCUT2D eigenvalue weighted by Gasteiger charge is 2.11. The lowest BCUT2D eigenvalue weighted by molar-refractivity contribution is -0.133. The van der Waals surface area contributed by atoms with E-state index in [1.165, 1.54) is 6.92 Å². The van der Waals surface area contributed by atoms with Crippen molar-refractivity contribution in [2.45, 2.75) is 27.3 Å². The SMILES string of the molecule is CCn1ncc(NC(=O)C(C)=O)c1C. The van der Waals surface area contributed by atoms with Gasteiger partial charge in [-0.05, 0) is 13.8 Å². The lowest BCUT2D eigenvalue weighted by Gasteiger charge is -2.02. The summed E-state index contributed by atoms with van der Waals surface area (Å²) < 4.78 is 1.75. The quantitative estimate of drug-likeness (QED) is 0.723. The molecule has 5 nitrogen and oxygen atoms in total. The van der Waals surface area contributed by atoms with Crippen molar-refractivity contribution in [1.29, 1.82) is 0 Å². The Hall–Kier alpha value is -1.65. The number of anilines is 1. The molecule has 0 fully saturated rings. The van der Waals surface area contributed by atoms with Gasteiger partial charge in [-0.25, -0.2) is 0 Å². The molecule has 1 amide bonds. The molecule has 0 saturated heterocycles. The van der Waals surface area contributed by atoms with Crippen LogP contribution in [-0.2, 0) is 16.1 Å². The number of carbonyl (C=O) groups excluding carboxylic acids is 2. The number of hydrogen-bond acceptors (Lipinski definition) is 3. The first-order chi connectivity index (χ1) is 6.56. The molecule has 0 saturated carbocycles. The molecule has 5 heteroatoms. The van der Waals surface area contributed by atoms with Gasteiger partial charge in [0.2, 0.25) is 5.78 Å². The predicted molar refractivity (Wildman–Crippen MR) is 51.9 cm³/mol. The van der Waals surface area contributed by atoms with Gasteiger partial charge >= 0.3 is 0 Å². The highest BCUT2D eigenvalue weighted by molar-refractivity contribution is 6.39. The highest BCUT2D eigenvalue weighted by Crippen LogP contribution is 2.12. The molecule has 0 bridgehead atoms. The number of rotatable bonds is 3. The van der Waals surface area contributed by atoms with E-state index in [9.17, 15) is 9.59 Å². The van der Waals surface area contributed by atoms with Crippen LogP contribution in [0.1, 0.15) is 19.5 Å². The van der Waals surface area contributed by atoms with Gasteiger partial charge < -0.3 is 5.32 Å². The number of aryl methyl sites for hydroxylation is 1. The number of hydrogen-bond donors (Lipinski definition) is 1. The number of nitrogens with one attached hydrogen (secondary N) is 1. The maximum Gasteiger partial charge on any atom is 0.291 e. The summed E-state index contributed by atoms with van der Waals surface area (Å²) in [6.07, 6.45) is 1.54. The first-order valence-electron chi connectivity index (χ1n) is 4.40. The second-order valence-corrected chi connectivity index (χ2v) is 2.97. The van der Waals surface area contributed by atoms with Gasteiger partial charge in [0.15, 0.2) is 0 Å². The molecule has 76 valence electrons. The predicted octanol–water partition coefficient (Wildman–Crippen LogP) is 0.739. The summed E-state index contributed by atoms with van der Waals surface area (Å²) in [7, 11) is 0. The summed E-state index contributed by atoms with van der Waals surface area (Å²) in [5.74, 6) is -1.11. The average molecular weight is 195 g/mol. The lowest BCUT2D eigenvalue weighted by Crippen LogP contribution is -2.20. The Morgan fingerprint density at radius 2 is 2.21 bits per heavy atom. The molecule has 0 atom stereocenters. The Morgan fingerprint density at radius 1 is 1.57 bits per heavy atom. The minimum atomic E-state index is -0.608. The maximum absolute atomic E-state index is 11.1. The molecule has 0 radical (unpaired) electrons. The Labute approximate surface area is 82.1 Å². The summed E-state index contributed by atoms with van der Waals surface area (Å²) in [4.78, 5) is 21.8. The number of nitrogens with zero attached hydrogens (tertiary/aromatic N) is 2. The zero-order valence-corrected chi connectivity index (χ0v) is 8.50. The van der Waals surface area contributed by atoms with Crippen LogP contribution in [0.3, 0.4) is 0 Å². The van der Waals surface area contributed by atoms with Gasteiger partial charge in [-0.2, -0.15) is 5.10 Å². The van der Waals surface area contributed by atoms with Gasteiger partial charge in [-0.1, -0.05) is 0 Å². The molecular weight excluding hydrogens is 182 g/mol. The Balaban J connectivity index is 2.82. The van der Waals surface area contributed by atoms with Crippen molar-refractivity contribution in [2.24, 2.45) is 0 Å². The summed E-state index contributed by atoms with van der Waals surface area (Å²) in [6.45, 7) is 5.76. The summed E-state index contributed by atoms with van der Waals surface area (Å²) in [5.41, 5.74) is 1.44. The first-order valence-corrected chi connectivity index (χ1v) is 4.40. The Bertz CT molecular complexity index is 368. The summed E-state index contributed by atoms with van der Waals surface area (Å²) in [5, 5.41) is 6.53. The maximum atomic E-state index is 11.1. The number of amides is 1. The van der Waals surface area contributed by atoms with E-state index < -0.39 is 11.7 Å². The minimum absolute atomic E-state index is 0.506. The monoisotopic (exact) mass is 195 g/mol. The van der Waals surface area contributed by atoms with Crippen molar-refractivity contribution >= 4 is 17.4 Å². The van der Waals surface area contributed by atoms with Gasteiger partial charge in [0.25, 0.3) is 5.91 Å². The molecule has 1 aromatic rings. The van der Waals surface area contributed by atoms with Crippen LogP contribution in [0.15, 0.2) is 6.20 Å². The molecule has 14 heavy (non-hydrogen) atoms. The normalized spacial score (nSPS) is 9.93. The third kappa shape index (κ3) is 1.99. The lowest BCUT2D eigenvalue weighted by atomic mass is 10.3. The van der Waals surface area contributed by atoms with Crippen LogP contribution in [0.4, 0.5) is 5.69 Å². The molecule has 1 heterocycles. The smallest absolute Gasteiger partial charge is 0.291 e. The van der Waals surface area contributed by atoms with Crippen LogP contribution in [0.25, 0.3) is 0 Å². The fourth-order valence-corrected chi connectivity index (χ4v) is 1.10. The van der Waals surface area contributed by atoms with Crippen molar-refractivity contribution in [3.05, 3.63) is 11.9 Å². The molecule has 0 unspecified atom stereocenters. The van der Waals surface area contributed by atoms with E-state index in [-0.39, 0.29) is 0 Å². The van der Waals surface area contributed by atoms with Crippen LogP contribution in [0, 0.1) is 6.92 Å². The van der Waals surface area contributed by atoms with Gasteiger partial charge in [-0.15, -0.1) is 0 Å². The molecule has 0 aliphatic rings. The molecule has 0 aromatic carbocycles. The van der Waals surface area contributed by atoms with Crippen molar-refractivity contribution in [3.8, 4) is 0 Å². The molecule has 0 spiro atoms. The van der Waals surface area contributed by atoms with E-state index in [4.69, 9.17) is 0 Å². The van der Waals surface area contributed by atoms with Crippen LogP contribution < -0.4 is 5.32 Å². The van der Waals surface area contributed by atoms with E-state index in [0.29, 0.717) is 5.69 Å². The fraction of sp³-hybridized carbons (Fsp3) is 0.444. The summed E-state index contributed by atoms with van der Waals surface area (Å²) in [6, 6.07) is 0. The number of Topliss-reactive ketones (excluding diaryl/α,β-unsaturated/α-hetero) is 1. The molecule has 1 aromatic heterocycles. The third-order valence-corrected chi connectivity index (χ3v) is 1.97. The number of carbonyl (C=O) groups is 2. The molecule has 1 N–H and O–H groups in total. The molecule has 1 rings (SSSR count). The fourth-order valence-electron chi connectivity index (χ4n) is 1.10. The van der Waals surface area contributed by atoms with E-state index in [0.717, 1.165) is 12.2 Å². The number of aromatic nitrogens is 2. The first kappa shape index (κ1) is 10.4. The van der Waals surface area contributed by atoms with Crippen molar-refractivity contribution < 1.29 is 9.59 Å². The van der Waals surface area contributed by atoms with E-state index in [1.807, 2.05) is 13.8 Å². The highest BCUT2D eigenvalue weighted by atomic mass is 16.2. The van der Waals surface area contributed by atoms with Crippen LogP contribution in [0.2, 0.25) is 0 Å². The van der Waals surface area contributed by atoms with Crippen molar-refractivity contribution in [1.82, 2.24) is 9.78 Å². The number of ketones is 1. The van der Waals surface area contributed by atoms with Gasteiger partial charge in [-0.3, -0.25) is 14.3 Å². The molecule has 0 aliphatic heterocycles. The standard InChI is InChI=1S/C9H13N3O2/c1-4-12-6(2)8(5-10-12)11-9(14)7(3)13/h5H,4H2,1-3H3,(H,11,14). The Morgan fingerprint density at radius 3 is 2.64 bits per heavy atom.